The number of aliphatic hydroxyl groups excluding tert-OH is 1. The van der Waals surface area contributed by atoms with Crippen molar-refractivity contribution in [1.82, 2.24) is 0 Å². The third kappa shape index (κ3) is 3.72. The molecule has 1 aromatic carbocycles. The number of hydrogen-bond acceptors (Lipinski definition) is 5. The molecule has 0 saturated heterocycles. The summed E-state index contributed by atoms with van der Waals surface area (Å²) in [6.45, 7) is -1.44. The van der Waals surface area contributed by atoms with Gasteiger partial charge in [-0.3, -0.25) is 10.1 Å². The molecule has 1 aromatic rings. The number of nitro benzene ring substituents is 1. The van der Waals surface area contributed by atoms with Crippen molar-refractivity contribution in [3.05, 3.63) is 33.9 Å². The lowest BCUT2D eigenvalue weighted by molar-refractivity contribution is -0.385. The molecular formula is C10H13ClF2N2O4. The molecule has 6 nitrogen and oxygen atoms in total. The van der Waals surface area contributed by atoms with Crippen molar-refractivity contribution in [3.63, 3.8) is 0 Å². The Balaban J connectivity index is 0.00000324. The highest BCUT2D eigenvalue weighted by atomic mass is 35.5. The van der Waals surface area contributed by atoms with Crippen molar-refractivity contribution in [2.24, 2.45) is 5.73 Å². The van der Waals surface area contributed by atoms with Crippen molar-refractivity contribution in [3.8, 4) is 5.75 Å². The highest BCUT2D eigenvalue weighted by Gasteiger charge is 2.38. The van der Waals surface area contributed by atoms with E-state index in [0.29, 0.717) is 0 Å². The summed E-state index contributed by atoms with van der Waals surface area (Å²) >= 11 is 0. The minimum atomic E-state index is -3.55. The monoisotopic (exact) mass is 298 g/mol. The van der Waals surface area contributed by atoms with E-state index in [9.17, 15) is 18.9 Å². The van der Waals surface area contributed by atoms with Crippen LogP contribution in [0.2, 0.25) is 0 Å². The minimum Gasteiger partial charge on any atom is -0.490 e. The molecule has 0 saturated carbocycles. The summed E-state index contributed by atoms with van der Waals surface area (Å²) in [7, 11) is 1.23. The number of benzene rings is 1. The van der Waals surface area contributed by atoms with Crippen LogP contribution in [0.15, 0.2) is 18.2 Å². The highest BCUT2D eigenvalue weighted by Crippen LogP contribution is 2.34. The summed E-state index contributed by atoms with van der Waals surface area (Å²) in [4.78, 5) is 9.96. The van der Waals surface area contributed by atoms with Crippen molar-refractivity contribution < 1.29 is 23.5 Å². The standard InChI is InChI=1S/C10H12F2N2O4.ClH/c1-18-8-3-2-6(4-7(8)14(16)17)9(13)10(11,12)5-15;/h2-4,9,15H,5,13H2,1H3;1H/t9-;/m1./s1. The number of nitrogens with two attached hydrogens (primary N) is 1. The molecular weight excluding hydrogens is 286 g/mol. The maximum absolute atomic E-state index is 13.2. The van der Waals surface area contributed by atoms with Crippen LogP contribution in [0.5, 0.6) is 5.75 Å². The molecule has 0 aliphatic carbocycles. The first-order chi connectivity index (χ1) is 8.33. The zero-order valence-electron chi connectivity index (χ0n) is 9.88. The molecule has 0 spiro atoms. The fourth-order valence-electron chi connectivity index (χ4n) is 1.39. The normalized spacial score (nSPS) is 12.5. The molecule has 0 heterocycles. The van der Waals surface area contributed by atoms with Gasteiger partial charge in [0.15, 0.2) is 5.75 Å². The number of nitrogens with zero attached hydrogens (tertiary/aromatic N) is 1. The van der Waals surface area contributed by atoms with E-state index in [1.54, 1.807) is 0 Å². The zero-order valence-corrected chi connectivity index (χ0v) is 10.7. The van der Waals surface area contributed by atoms with Crippen LogP contribution >= 0.6 is 12.4 Å². The smallest absolute Gasteiger partial charge is 0.311 e. The summed E-state index contributed by atoms with van der Waals surface area (Å²) < 4.78 is 31.1. The zero-order chi connectivity index (χ0) is 13.9. The second-order valence-electron chi connectivity index (χ2n) is 3.59. The number of aliphatic hydroxyl groups is 1. The SMILES string of the molecule is COc1ccc([C@@H](N)C(F)(F)CO)cc1[N+](=O)[O-].Cl. The molecule has 1 atom stereocenters. The molecule has 0 unspecified atom stereocenters. The Kier molecular flexibility index (Phi) is 6.07. The third-order valence-corrected chi connectivity index (χ3v) is 2.42. The van der Waals surface area contributed by atoms with Gasteiger partial charge in [-0.15, -0.1) is 12.4 Å². The van der Waals surface area contributed by atoms with E-state index in [0.717, 1.165) is 6.07 Å². The third-order valence-electron chi connectivity index (χ3n) is 2.42. The number of hydrogen-bond donors (Lipinski definition) is 2. The van der Waals surface area contributed by atoms with Gasteiger partial charge in [-0.1, -0.05) is 6.07 Å². The van der Waals surface area contributed by atoms with Crippen LogP contribution < -0.4 is 10.5 Å². The van der Waals surface area contributed by atoms with Gasteiger partial charge in [-0.2, -0.15) is 0 Å². The van der Waals surface area contributed by atoms with Crippen LogP contribution in [-0.2, 0) is 0 Å². The number of methoxy groups -OCH3 is 1. The molecule has 0 bridgehead atoms. The molecule has 0 aromatic heterocycles. The average Bonchev–Trinajstić information content (AvgIpc) is 2.36. The molecule has 3 N–H and O–H groups in total. The second-order valence-corrected chi connectivity index (χ2v) is 3.59. The number of halogens is 3. The van der Waals surface area contributed by atoms with Crippen LogP contribution in [0, 0.1) is 10.1 Å². The number of rotatable bonds is 5. The van der Waals surface area contributed by atoms with Crippen LogP contribution in [0.1, 0.15) is 11.6 Å². The largest absolute Gasteiger partial charge is 0.490 e. The van der Waals surface area contributed by atoms with Gasteiger partial charge in [0.25, 0.3) is 5.92 Å². The fourth-order valence-corrected chi connectivity index (χ4v) is 1.39. The lowest BCUT2D eigenvalue weighted by Crippen LogP contribution is -2.36. The Hall–Kier alpha value is -1.51. The Morgan fingerprint density at radius 1 is 1.58 bits per heavy atom. The maximum Gasteiger partial charge on any atom is 0.311 e. The van der Waals surface area contributed by atoms with Crippen molar-refractivity contribution in [1.29, 1.82) is 0 Å². The lowest BCUT2D eigenvalue weighted by atomic mass is 10.0. The van der Waals surface area contributed by atoms with E-state index in [-0.39, 0.29) is 23.7 Å². The van der Waals surface area contributed by atoms with Crippen LogP contribution in [0.3, 0.4) is 0 Å². The van der Waals surface area contributed by atoms with Crippen LogP contribution in [0.25, 0.3) is 0 Å². The van der Waals surface area contributed by atoms with Gasteiger partial charge < -0.3 is 15.6 Å². The predicted molar refractivity (Wildman–Crippen MR) is 65.9 cm³/mol. The topological polar surface area (TPSA) is 98.6 Å². The Morgan fingerprint density at radius 2 is 2.16 bits per heavy atom. The van der Waals surface area contributed by atoms with E-state index in [4.69, 9.17) is 15.6 Å². The summed E-state index contributed by atoms with van der Waals surface area (Å²) in [5.74, 6) is -3.61. The first-order valence-corrected chi connectivity index (χ1v) is 4.90. The lowest BCUT2D eigenvalue weighted by Gasteiger charge is -2.21. The Labute approximate surface area is 113 Å². The maximum atomic E-state index is 13.2. The highest BCUT2D eigenvalue weighted by molar-refractivity contribution is 5.85. The molecule has 9 heteroatoms. The van der Waals surface area contributed by atoms with Crippen molar-refractivity contribution in [2.45, 2.75) is 12.0 Å². The molecule has 0 aliphatic rings. The van der Waals surface area contributed by atoms with E-state index in [2.05, 4.69) is 0 Å². The predicted octanol–water partition coefficient (Wildman–Crippen LogP) is 1.65. The first-order valence-electron chi connectivity index (χ1n) is 4.90. The van der Waals surface area contributed by atoms with E-state index < -0.39 is 29.2 Å². The molecule has 0 radical (unpaired) electrons. The molecule has 0 amide bonds. The number of nitro groups is 1. The summed E-state index contributed by atoms with van der Waals surface area (Å²) in [5, 5.41) is 19.2. The quantitative estimate of drug-likeness (QED) is 0.636. The van der Waals surface area contributed by atoms with Crippen molar-refractivity contribution >= 4 is 18.1 Å². The van der Waals surface area contributed by atoms with Crippen LogP contribution in [0.4, 0.5) is 14.5 Å². The number of alkyl halides is 2. The Morgan fingerprint density at radius 3 is 2.58 bits per heavy atom. The van der Waals surface area contributed by atoms with Gasteiger partial charge >= 0.3 is 5.69 Å². The van der Waals surface area contributed by atoms with Gasteiger partial charge in [0, 0.05) is 6.07 Å². The van der Waals surface area contributed by atoms with Crippen molar-refractivity contribution in [2.75, 3.05) is 13.7 Å². The minimum absolute atomic E-state index is 0. The number of ether oxygens (including phenoxy) is 1. The molecule has 0 aliphatic heterocycles. The average molecular weight is 299 g/mol. The van der Waals surface area contributed by atoms with Crippen LogP contribution in [-0.4, -0.2) is 29.7 Å². The Bertz CT molecular complexity index is 459. The molecule has 1 rings (SSSR count). The summed E-state index contributed by atoms with van der Waals surface area (Å²) in [5.41, 5.74) is 4.66. The fraction of sp³-hybridized carbons (Fsp3) is 0.400. The van der Waals surface area contributed by atoms with Gasteiger partial charge in [-0.25, -0.2) is 8.78 Å². The summed E-state index contributed by atoms with van der Waals surface area (Å²) in [6, 6.07) is 1.46. The van der Waals surface area contributed by atoms with Gasteiger partial charge in [0.1, 0.15) is 6.61 Å². The van der Waals surface area contributed by atoms with Gasteiger partial charge in [-0.05, 0) is 11.6 Å². The first kappa shape index (κ1) is 17.5. The molecule has 108 valence electrons. The van der Waals surface area contributed by atoms with Gasteiger partial charge in [0.2, 0.25) is 0 Å². The second kappa shape index (κ2) is 6.60. The molecule has 19 heavy (non-hydrogen) atoms. The van der Waals surface area contributed by atoms with E-state index in [1.807, 2.05) is 0 Å². The van der Waals surface area contributed by atoms with E-state index >= 15 is 0 Å². The van der Waals surface area contributed by atoms with E-state index in [1.165, 1.54) is 19.2 Å². The van der Waals surface area contributed by atoms with Gasteiger partial charge in [0.05, 0.1) is 18.1 Å². The molecule has 0 fully saturated rings. The summed E-state index contributed by atoms with van der Waals surface area (Å²) in [6.07, 6.45) is 0.